The number of carbonyl (C=O) groups excluding carboxylic acids is 1. The molecule has 0 aliphatic carbocycles. The number of methoxy groups -OCH3 is 1. The summed E-state index contributed by atoms with van der Waals surface area (Å²) < 4.78 is 89.5. The molecule has 0 radical (unpaired) electrons. The van der Waals surface area contributed by atoms with Crippen LogP contribution in [-0.2, 0) is 29.6 Å². The second kappa shape index (κ2) is 10.6. The molecule has 13 heteroatoms. The number of likely N-dealkylation sites (N-methyl/N-ethyl adjacent to an activating group) is 1. The number of benzene rings is 1. The van der Waals surface area contributed by atoms with E-state index in [0.717, 1.165) is 6.07 Å². The minimum atomic E-state index is -4.52. The molecule has 2 aliphatic rings. The van der Waals surface area contributed by atoms with Gasteiger partial charge in [-0.1, -0.05) is 17.7 Å². The first-order valence-corrected chi connectivity index (χ1v) is 12.4. The highest BCUT2D eigenvalue weighted by Crippen LogP contribution is 2.47. The van der Waals surface area contributed by atoms with Crippen molar-refractivity contribution in [3.8, 4) is 5.75 Å². The largest absolute Gasteiger partial charge is 0.496 e. The molecule has 0 unspecified atom stereocenters. The number of halogens is 7. The normalized spacial score (nSPS) is 18.1. The SMILES string of the molecule is COc1cc(C(=O)N2CCC3(CC2)c2c(Cl)cc(C(F)(F)F)n2CCN3C)ccc1COCCC(F)(F)F. The zero-order valence-electron chi connectivity index (χ0n) is 20.9. The highest BCUT2D eigenvalue weighted by Gasteiger charge is 2.49. The van der Waals surface area contributed by atoms with Crippen LogP contribution in [0.4, 0.5) is 26.3 Å². The minimum Gasteiger partial charge on any atom is -0.496 e. The molecule has 0 atom stereocenters. The summed E-state index contributed by atoms with van der Waals surface area (Å²) in [6.07, 6.45) is -9.10. The molecule has 1 aromatic heterocycles. The molecule has 1 fully saturated rings. The van der Waals surface area contributed by atoms with Gasteiger partial charge in [-0.15, -0.1) is 0 Å². The van der Waals surface area contributed by atoms with Crippen molar-refractivity contribution in [2.45, 2.75) is 50.3 Å². The third-order valence-corrected chi connectivity index (χ3v) is 7.66. The maximum Gasteiger partial charge on any atom is 0.431 e. The molecule has 1 spiro atoms. The summed E-state index contributed by atoms with van der Waals surface area (Å²) >= 11 is 6.36. The Labute approximate surface area is 221 Å². The summed E-state index contributed by atoms with van der Waals surface area (Å²) in [7, 11) is 3.25. The lowest BCUT2D eigenvalue weighted by Crippen LogP contribution is -2.57. The zero-order valence-corrected chi connectivity index (χ0v) is 21.6. The summed E-state index contributed by atoms with van der Waals surface area (Å²) in [5, 5.41) is 0.0708. The Kier molecular flexibility index (Phi) is 7.98. The number of hydrogen-bond acceptors (Lipinski definition) is 4. The second-order valence-electron chi connectivity index (χ2n) is 9.57. The molecule has 38 heavy (non-hydrogen) atoms. The number of ether oxygens (including phenoxy) is 2. The smallest absolute Gasteiger partial charge is 0.431 e. The zero-order chi connectivity index (χ0) is 27.9. The Morgan fingerprint density at radius 1 is 1.05 bits per heavy atom. The van der Waals surface area contributed by atoms with E-state index in [1.807, 2.05) is 11.9 Å². The maximum atomic E-state index is 13.6. The van der Waals surface area contributed by atoms with Crippen molar-refractivity contribution in [2.75, 3.05) is 40.4 Å². The minimum absolute atomic E-state index is 0.0708. The lowest BCUT2D eigenvalue weighted by atomic mass is 9.81. The third-order valence-electron chi connectivity index (χ3n) is 7.37. The van der Waals surface area contributed by atoms with Crippen LogP contribution < -0.4 is 4.74 Å². The van der Waals surface area contributed by atoms with Gasteiger partial charge in [-0.25, -0.2) is 0 Å². The van der Waals surface area contributed by atoms with Crippen molar-refractivity contribution in [1.29, 1.82) is 0 Å². The van der Waals surface area contributed by atoms with Gasteiger partial charge in [0.05, 0.1) is 43.0 Å². The predicted molar refractivity (Wildman–Crippen MR) is 127 cm³/mol. The van der Waals surface area contributed by atoms with Crippen molar-refractivity contribution in [1.82, 2.24) is 14.4 Å². The lowest BCUT2D eigenvalue weighted by Gasteiger charge is -2.50. The molecule has 210 valence electrons. The lowest BCUT2D eigenvalue weighted by molar-refractivity contribution is -0.146. The Morgan fingerprint density at radius 2 is 1.74 bits per heavy atom. The van der Waals surface area contributed by atoms with Crippen LogP contribution in [0.15, 0.2) is 24.3 Å². The van der Waals surface area contributed by atoms with Gasteiger partial charge in [0.1, 0.15) is 11.4 Å². The molecule has 0 saturated carbocycles. The predicted octanol–water partition coefficient (Wildman–Crippen LogP) is 5.71. The third kappa shape index (κ3) is 5.62. The van der Waals surface area contributed by atoms with Crippen LogP contribution in [0.1, 0.15) is 46.6 Å². The highest BCUT2D eigenvalue weighted by atomic mass is 35.5. The number of alkyl halides is 6. The molecule has 4 rings (SSSR count). The number of amides is 1. The van der Waals surface area contributed by atoms with Crippen molar-refractivity contribution < 1.29 is 40.6 Å². The number of piperidine rings is 1. The Morgan fingerprint density at radius 3 is 2.34 bits per heavy atom. The molecule has 6 nitrogen and oxygen atoms in total. The van der Waals surface area contributed by atoms with E-state index in [2.05, 4.69) is 0 Å². The maximum absolute atomic E-state index is 13.6. The van der Waals surface area contributed by atoms with Crippen LogP contribution in [0.2, 0.25) is 5.02 Å². The summed E-state index contributed by atoms with van der Waals surface area (Å²) in [5.74, 6) is 0.0336. The van der Waals surface area contributed by atoms with Crippen LogP contribution in [0.3, 0.4) is 0 Å². The van der Waals surface area contributed by atoms with Crippen LogP contribution in [-0.4, -0.2) is 66.8 Å². The molecule has 1 amide bonds. The van der Waals surface area contributed by atoms with Crippen molar-refractivity contribution in [2.24, 2.45) is 0 Å². The highest BCUT2D eigenvalue weighted by molar-refractivity contribution is 6.31. The molecule has 3 heterocycles. The fourth-order valence-corrected chi connectivity index (χ4v) is 5.73. The molecular weight excluding hydrogens is 540 g/mol. The first-order valence-electron chi connectivity index (χ1n) is 12.1. The number of aromatic nitrogens is 1. The van der Waals surface area contributed by atoms with Gasteiger partial charge in [0.2, 0.25) is 0 Å². The average Bonchev–Trinajstić information content (AvgIpc) is 3.21. The average molecular weight is 568 g/mol. The summed E-state index contributed by atoms with van der Waals surface area (Å²) in [4.78, 5) is 16.9. The van der Waals surface area contributed by atoms with E-state index in [1.54, 1.807) is 17.0 Å². The van der Waals surface area contributed by atoms with Crippen molar-refractivity contribution in [3.63, 3.8) is 0 Å². The molecule has 0 bridgehead atoms. The Hall–Kier alpha value is -2.44. The number of rotatable bonds is 6. The summed E-state index contributed by atoms with van der Waals surface area (Å²) in [6.45, 7) is 0.595. The topological polar surface area (TPSA) is 46.9 Å². The van der Waals surface area contributed by atoms with Crippen LogP contribution in [0, 0.1) is 0 Å². The number of likely N-dealkylation sites (tertiary alicyclic amines) is 1. The van der Waals surface area contributed by atoms with E-state index in [4.69, 9.17) is 21.1 Å². The molecule has 2 aliphatic heterocycles. The summed E-state index contributed by atoms with van der Waals surface area (Å²) in [6, 6.07) is 5.63. The molecule has 0 N–H and O–H groups in total. The fraction of sp³-hybridized carbons (Fsp3) is 0.560. The van der Waals surface area contributed by atoms with Crippen molar-refractivity contribution >= 4 is 17.5 Å². The van der Waals surface area contributed by atoms with Gasteiger partial charge in [0.25, 0.3) is 5.91 Å². The van der Waals surface area contributed by atoms with E-state index >= 15 is 0 Å². The van der Waals surface area contributed by atoms with Crippen LogP contribution in [0.5, 0.6) is 5.75 Å². The molecule has 2 aromatic rings. The first-order chi connectivity index (χ1) is 17.8. The van der Waals surface area contributed by atoms with Gasteiger partial charge in [0, 0.05) is 37.3 Å². The van der Waals surface area contributed by atoms with Gasteiger partial charge in [-0.3, -0.25) is 9.69 Å². The number of carbonyl (C=O) groups is 1. The van der Waals surface area contributed by atoms with Gasteiger partial charge in [-0.2, -0.15) is 26.3 Å². The van der Waals surface area contributed by atoms with E-state index in [-0.39, 0.29) is 24.1 Å². The van der Waals surface area contributed by atoms with Crippen LogP contribution in [0.25, 0.3) is 0 Å². The fourth-order valence-electron chi connectivity index (χ4n) is 5.35. The number of fused-ring (bicyclic) bond motifs is 2. The van der Waals surface area contributed by atoms with Gasteiger partial charge >= 0.3 is 12.4 Å². The van der Waals surface area contributed by atoms with Crippen molar-refractivity contribution in [3.05, 3.63) is 51.8 Å². The quantitative estimate of drug-likeness (QED) is 0.331. The Balaban J connectivity index is 1.47. The Bertz CT molecular complexity index is 1170. The number of hydrogen-bond donors (Lipinski definition) is 0. The van der Waals surface area contributed by atoms with Gasteiger partial charge in [-0.05, 0) is 38.1 Å². The summed E-state index contributed by atoms with van der Waals surface area (Å²) in [5.41, 5.74) is -0.231. The monoisotopic (exact) mass is 567 g/mol. The number of nitrogens with zero attached hydrogens (tertiary/aromatic N) is 3. The van der Waals surface area contributed by atoms with Gasteiger partial charge in [0.15, 0.2) is 0 Å². The van der Waals surface area contributed by atoms with E-state index in [9.17, 15) is 31.1 Å². The molecular formula is C25H28ClF6N3O3. The van der Waals surface area contributed by atoms with Gasteiger partial charge < -0.3 is 18.9 Å². The molecule has 1 aromatic carbocycles. The van der Waals surface area contributed by atoms with E-state index < -0.39 is 36.6 Å². The van der Waals surface area contributed by atoms with Crippen LogP contribution >= 0.6 is 11.6 Å². The van der Waals surface area contributed by atoms with E-state index in [0.29, 0.717) is 55.0 Å². The molecule has 1 saturated heterocycles. The second-order valence-corrected chi connectivity index (χ2v) is 9.97. The first kappa shape index (κ1) is 28.6. The van der Waals surface area contributed by atoms with E-state index in [1.165, 1.54) is 17.7 Å². The standard InChI is InChI=1S/C25H28ClF6N3O3/c1-33-10-11-35-20(25(30,31)32)14-18(26)21(35)23(33)5-8-34(9-6-23)22(36)16-3-4-17(19(13-16)37-2)15-38-12-7-24(27,28)29/h3-4,13-14H,5-12,15H2,1-2H3.